The van der Waals surface area contributed by atoms with E-state index in [-0.39, 0.29) is 29.2 Å². The Labute approximate surface area is 163 Å². The van der Waals surface area contributed by atoms with Crippen molar-refractivity contribution in [3.05, 3.63) is 59.9 Å². The fourth-order valence-corrected chi connectivity index (χ4v) is 3.79. The molecular weight excluding hydrogens is 357 g/mol. The van der Waals surface area contributed by atoms with Crippen LogP contribution in [0.2, 0.25) is 0 Å². The van der Waals surface area contributed by atoms with Crippen LogP contribution in [0, 0.1) is 5.82 Å². The summed E-state index contributed by atoms with van der Waals surface area (Å²) < 4.78 is 19.4. The highest BCUT2D eigenvalue weighted by molar-refractivity contribution is 6.00. The van der Waals surface area contributed by atoms with E-state index in [9.17, 15) is 9.18 Å². The van der Waals surface area contributed by atoms with E-state index in [0.717, 1.165) is 32.2 Å². The van der Waals surface area contributed by atoms with Gasteiger partial charge in [-0.15, -0.1) is 0 Å². The minimum absolute atomic E-state index is 0.0206. The summed E-state index contributed by atoms with van der Waals surface area (Å²) in [6.45, 7) is 2.87. The van der Waals surface area contributed by atoms with Crippen molar-refractivity contribution in [1.29, 1.82) is 0 Å². The zero-order chi connectivity index (χ0) is 19.5. The van der Waals surface area contributed by atoms with Crippen LogP contribution in [0.25, 0.3) is 22.8 Å². The molecule has 0 spiro atoms. The van der Waals surface area contributed by atoms with Crippen molar-refractivity contribution in [2.45, 2.75) is 38.6 Å². The smallest absolute Gasteiger partial charge is 0.259 e. The lowest BCUT2D eigenvalue weighted by Gasteiger charge is -2.35. The molecule has 0 bridgehead atoms. The first-order chi connectivity index (χ1) is 13.7. The molecule has 28 heavy (non-hydrogen) atoms. The van der Waals surface area contributed by atoms with Crippen molar-refractivity contribution in [2.24, 2.45) is 0 Å². The molecule has 0 unspecified atom stereocenters. The van der Waals surface area contributed by atoms with Crippen LogP contribution in [0.1, 0.15) is 43.0 Å². The largest absolute Gasteiger partial charge is 0.336 e. The van der Waals surface area contributed by atoms with E-state index in [1.54, 1.807) is 30.3 Å². The molecule has 1 amide bonds. The minimum Gasteiger partial charge on any atom is -0.336 e. The molecule has 6 heteroatoms. The van der Waals surface area contributed by atoms with Gasteiger partial charge < -0.3 is 9.42 Å². The molecule has 144 valence electrons. The number of nitrogens with zero attached hydrogens (tertiary/aromatic N) is 3. The number of hydrogen-bond acceptors (Lipinski definition) is 4. The maximum Gasteiger partial charge on any atom is 0.259 e. The molecule has 1 aliphatic heterocycles. The first-order valence-corrected chi connectivity index (χ1v) is 9.68. The predicted octanol–water partition coefficient (Wildman–Crippen LogP) is 4.95. The number of aromatic nitrogens is 2. The van der Waals surface area contributed by atoms with Crippen molar-refractivity contribution < 1.29 is 13.7 Å². The molecule has 1 atom stereocenters. The van der Waals surface area contributed by atoms with Crippen molar-refractivity contribution in [1.82, 2.24) is 15.0 Å². The molecule has 1 saturated heterocycles. The minimum atomic E-state index is -0.418. The predicted molar refractivity (Wildman–Crippen MR) is 104 cm³/mol. The number of amides is 1. The Balaban J connectivity index is 1.69. The Morgan fingerprint density at radius 2 is 1.89 bits per heavy atom. The lowest BCUT2D eigenvalue weighted by Crippen LogP contribution is -2.43. The van der Waals surface area contributed by atoms with Gasteiger partial charge in [0.05, 0.1) is 16.7 Å². The maximum absolute atomic E-state index is 14.0. The summed E-state index contributed by atoms with van der Waals surface area (Å²) in [5.41, 5.74) is 1.37. The molecule has 0 aliphatic carbocycles. The topological polar surface area (TPSA) is 59.2 Å². The van der Waals surface area contributed by atoms with Crippen LogP contribution in [0.4, 0.5) is 4.39 Å². The van der Waals surface area contributed by atoms with Crippen molar-refractivity contribution in [3.63, 3.8) is 0 Å². The summed E-state index contributed by atoms with van der Waals surface area (Å²) in [7, 11) is 0. The number of carbonyl (C=O) groups is 1. The van der Waals surface area contributed by atoms with Crippen molar-refractivity contribution in [3.8, 4) is 22.8 Å². The highest BCUT2D eigenvalue weighted by Crippen LogP contribution is 2.29. The van der Waals surface area contributed by atoms with Crippen LogP contribution in [0.5, 0.6) is 0 Å². The van der Waals surface area contributed by atoms with Crippen LogP contribution in [0.15, 0.2) is 53.1 Å². The summed E-state index contributed by atoms with van der Waals surface area (Å²) in [5.74, 6) is -0.0573. The molecule has 2 aromatic carbocycles. The van der Waals surface area contributed by atoms with E-state index < -0.39 is 5.82 Å². The summed E-state index contributed by atoms with van der Waals surface area (Å²) in [4.78, 5) is 19.6. The van der Waals surface area contributed by atoms with Crippen molar-refractivity contribution in [2.75, 3.05) is 6.54 Å². The lowest BCUT2D eigenvalue weighted by molar-refractivity contribution is 0.0608. The van der Waals surface area contributed by atoms with E-state index in [2.05, 4.69) is 17.1 Å². The Morgan fingerprint density at radius 3 is 2.68 bits per heavy atom. The number of hydrogen-bond donors (Lipinski definition) is 0. The van der Waals surface area contributed by atoms with E-state index in [0.29, 0.717) is 11.1 Å². The van der Waals surface area contributed by atoms with Crippen LogP contribution in [0.3, 0.4) is 0 Å². The van der Waals surface area contributed by atoms with E-state index >= 15 is 0 Å². The standard InChI is InChI=1S/C22H22FN3O2/c1-2-15-9-7-8-14-26(15)22(27)17-11-4-3-10-16(17)21-24-20(25-28-21)18-12-5-6-13-19(18)23/h3-6,10-13,15H,2,7-9,14H2,1H3/t15-/m1/s1. The summed E-state index contributed by atoms with van der Waals surface area (Å²) in [5, 5.41) is 3.92. The molecule has 2 heterocycles. The van der Waals surface area contributed by atoms with Gasteiger partial charge in [0.1, 0.15) is 5.82 Å². The lowest BCUT2D eigenvalue weighted by atomic mass is 9.97. The quantitative estimate of drug-likeness (QED) is 0.644. The first-order valence-electron chi connectivity index (χ1n) is 9.68. The zero-order valence-corrected chi connectivity index (χ0v) is 15.8. The molecule has 1 aliphatic rings. The second-order valence-corrected chi connectivity index (χ2v) is 7.00. The summed E-state index contributed by atoms with van der Waals surface area (Å²) in [6, 6.07) is 13.8. The van der Waals surface area contributed by atoms with E-state index in [1.807, 2.05) is 17.0 Å². The number of halogens is 1. The van der Waals surface area contributed by atoms with Gasteiger partial charge in [-0.3, -0.25) is 4.79 Å². The highest BCUT2D eigenvalue weighted by Gasteiger charge is 2.28. The first kappa shape index (κ1) is 18.3. The zero-order valence-electron chi connectivity index (χ0n) is 15.8. The number of rotatable bonds is 4. The van der Waals surface area contributed by atoms with Crippen molar-refractivity contribution >= 4 is 5.91 Å². The van der Waals surface area contributed by atoms with Crippen LogP contribution < -0.4 is 0 Å². The molecule has 0 saturated carbocycles. The number of carbonyl (C=O) groups excluding carboxylic acids is 1. The molecule has 1 aromatic heterocycles. The van der Waals surface area contributed by atoms with Gasteiger partial charge in [0.15, 0.2) is 0 Å². The second-order valence-electron chi connectivity index (χ2n) is 7.00. The third kappa shape index (κ3) is 3.42. The molecule has 4 rings (SSSR count). The fourth-order valence-electron chi connectivity index (χ4n) is 3.79. The van der Waals surface area contributed by atoms with Gasteiger partial charge in [0.25, 0.3) is 11.8 Å². The Bertz CT molecular complexity index is 985. The van der Waals surface area contributed by atoms with Gasteiger partial charge in [-0.1, -0.05) is 36.3 Å². The van der Waals surface area contributed by atoms with Crippen LogP contribution >= 0.6 is 0 Å². The number of piperidine rings is 1. The molecule has 0 radical (unpaired) electrons. The van der Waals surface area contributed by atoms with Crippen LogP contribution in [-0.4, -0.2) is 33.5 Å². The average Bonchev–Trinajstić information content (AvgIpc) is 3.23. The fraction of sp³-hybridized carbons (Fsp3) is 0.318. The third-order valence-electron chi connectivity index (χ3n) is 5.29. The second kappa shape index (κ2) is 7.92. The van der Waals surface area contributed by atoms with Gasteiger partial charge in [-0.05, 0) is 49.9 Å². The van der Waals surface area contributed by atoms with Crippen LogP contribution in [-0.2, 0) is 0 Å². The molecule has 1 fully saturated rings. The molecule has 5 nitrogen and oxygen atoms in total. The monoisotopic (exact) mass is 379 g/mol. The molecule has 0 N–H and O–H groups in total. The third-order valence-corrected chi connectivity index (χ3v) is 5.29. The Hall–Kier alpha value is -3.02. The summed E-state index contributed by atoms with van der Waals surface area (Å²) >= 11 is 0. The number of benzene rings is 2. The number of likely N-dealkylation sites (tertiary alicyclic amines) is 1. The normalized spacial score (nSPS) is 16.9. The van der Waals surface area contributed by atoms with E-state index in [4.69, 9.17) is 4.52 Å². The van der Waals surface area contributed by atoms with E-state index in [1.165, 1.54) is 6.07 Å². The van der Waals surface area contributed by atoms with Gasteiger partial charge in [0, 0.05) is 12.6 Å². The highest BCUT2D eigenvalue weighted by atomic mass is 19.1. The summed E-state index contributed by atoms with van der Waals surface area (Å²) in [6.07, 6.45) is 4.14. The Morgan fingerprint density at radius 1 is 1.14 bits per heavy atom. The SMILES string of the molecule is CC[C@@H]1CCCCN1C(=O)c1ccccc1-c1nc(-c2ccccc2F)no1. The maximum atomic E-state index is 14.0. The average molecular weight is 379 g/mol. The van der Waals surface area contributed by atoms with Gasteiger partial charge >= 0.3 is 0 Å². The molecular formula is C22H22FN3O2. The van der Waals surface area contributed by atoms with Gasteiger partial charge in [0.2, 0.25) is 5.82 Å². The van der Waals surface area contributed by atoms with Gasteiger partial charge in [-0.25, -0.2) is 4.39 Å². The van der Waals surface area contributed by atoms with Gasteiger partial charge in [-0.2, -0.15) is 4.98 Å². The molecule has 3 aromatic rings. The Kier molecular flexibility index (Phi) is 5.19.